The molecule has 1 amide bonds. The highest BCUT2D eigenvalue weighted by atomic mass is 79.9. The van der Waals surface area contributed by atoms with Gasteiger partial charge in [0.15, 0.2) is 0 Å². The summed E-state index contributed by atoms with van der Waals surface area (Å²) in [6.07, 6.45) is 1.54. The normalized spacial score (nSPS) is 10.8. The maximum absolute atomic E-state index is 11.9. The first kappa shape index (κ1) is 20.1. The van der Waals surface area contributed by atoms with E-state index in [9.17, 15) is 9.90 Å². The number of rotatable bonds is 6. The number of hydrazone groups is 1. The predicted octanol–water partition coefficient (Wildman–Crippen LogP) is 5.26. The highest BCUT2D eigenvalue weighted by molar-refractivity contribution is 9.11. The first-order chi connectivity index (χ1) is 13.5. The number of amides is 1. The first-order valence-corrected chi connectivity index (χ1v) is 9.89. The van der Waals surface area contributed by atoms with E-state index in [1.165, 1.54) is 18.3 Å². The van der Waals surface area contributed by atoms with Gasteiger partial charge >= 0.3 is 0 Å². The van der Waals surface area contributed by atoms with Gasteiger partial charge in [0.05, 0.1) is 6.21 Å². The summed E-state index contributed by atoms with van der Waals surface area (Å²) in [7, 11) is 0. The summed E-state index contributed by atoms with van der Waals surface area (Å²) in [4.78, 5) is 11.9. The zero-order chi connectivity index (χ0) is 19.9. The van der Waals surface area contributed by atoms with Crippen LogP contribution in [0.5, 0.6) is 11.5 Å². The number of nitrogens with one attached hydrogen (secondary N) is 1. The lowest BCUT2D eigenvalue weighted by Crippen LogP contribution is -2.17. The van der Waals surface area contributed by atoms with Crippen LogP contribution in [0.15, 0.2) is 80.8 Å². The van der Waals surface area contributed by atoms with E-state index in [2.05, 4.69) is 42.4 Å². The van der Waals surface area contributed by atoms with Crippen LogP contribution in [0.25, 0.3) is 0 Å². The van der Waals surface area contributed by atoms with Gasteiger partial charge in [-0.05, 0) is 60.2 Å². The average Bonchev–Trinajstić information content (AvgIpc) is 2.68. The third-order valence-electron chi connectivity index (χ3n) is 3.78. The Labute approximate surface area is 179 Å². The molecule has 0 atom stereocenters. The fraction of sp³-hybridized carbons (Fsp3) is 0.0476. The lowest BCUT2D eigenvalue weighted by molar-refractivity contribution is 0.0954. The van der Waals surface area contributed by atoms with Crippen molar-refractivity contribution in [2.24, 2.45) is 5.10 Å². The van der Waals surface area contributed by atoms with Crippen molar-refractivity contribution in [2.75, 3.05) is 0 Å². The van der Waals surface area contributed by atoms with Crippen molar-refractivity contribution < 1.29 is 14.6 Å². The lowest BCUT2D eigenvalue weighted by Gasteiger charge is -2.08. The number of aromatic hydroxyl groups is 1. The molecule has 28 heavy (non-hydrogen) atoms. The van der Waals surface area contributed by atoms with E-state index in [1.807, 2.05) is 42.5 Å². The van der Waals surface area contributed by atoms with Crippen LogP contribution >= 0.6 is 31.9 Å². The third-order valence-corrected chi connectivity index (χ3v) is 5.01. The largest absolute Gasteiger partial charge is 0.508 e. The van der Waals surface area contributed by atoms with Crippen molar-refractivity contribution in [1.29, 1.82) is 0 Å². The topological polar surface area (TPSA) is 70.9 Å². The predicted molar refractivity (Wildman–Crippen MR) is 116 cm³/mol. The molecule has 3 aromatic carbocycles. The molecule has 0 fully saturated rings. The third kappa shape index (κ3) is 5.68. The van der Waals surface area contributed by atoms with E-state index in [1.54, 1.807) is 12.1 Å². The van der Waals surface area contributed by atoms with E-state index in [0.717, 1.165) is 25.8 Å². The van der Waals surface area contributed by atoms with Crippen molar-refractivity contribution in [3.63, 3.8) is 0 Å². The van der Waals surface area contributed by atoms with Gasteiger partial charge in [0.2, 0.25) is 0 Å². The van der Waals surface area contributed by atoms with Crippen LogP contribution < -0.4 is 10.2 Å². The Hall–Kier alpha value is -2.64. The number of hydrogen-bond donors (Lipinski definition) is 2. The molecular formula is C21H16Br2N2O3. The Morgan fingerprint density at radius 1 is 1.07 bits per heavy atom. The Morgan fingerprint density at radius 3 is 2.57 bits per heavy atom. The maximum atomic E-state index is 11.9. The number of nitrogens with zero attached hydrogens (tertiary/aromatic N) is 1. The Bertz CT molecular complexity index is 1000. The fourth-order valence-corrected chi connectivity index (χ4v) is 3.49. The molecule has 7 heteroatoms. The molecule has 142 valence electrons. The number of phenols is 1. The van der Waals surface area contributed by atoms with E-state index in [-0.39, 0.29) is 5.75 Å². The van der Waals surface area contributed by atoms with Gasteiger partial charge in [-0.3, -0.25) is 4.79 Å². The second kappa shape index (κ2) is 9.52. The molecule has 0 bridgehead atoms. The minimum absolute atomic E-state index is 0.0300. The highest BCUT2D eigenvalue weighted by Gasteiger charge is 2.04. The Balaban J connectivity index is 1.53. The molecule has 0 saturated carbocycles. The zero-order valence-corrected chi connectivity index (χ0v) is 17.8. The Morgan fingerprint density at radius 2 is 1.86 bits per heavy atom. The summed E-state index contributed by atoms with van der Waals surface area (Å²) in [6, 6.07) is 19.4. The van der Waals surface area contributed by atoms with Gasteiger partial charge in [0.1, 0.15) is 18.1 Å². The number of ether oxygens (including phenoxy) is 1. The van der Waals surface area contributed by atoms with E-state index in [4.69, 9.17) is 4.74 Å². The van der Waals surface area contributed by atoms with Crippen LogP contribution in [0.3, 0.4) is 0 Å². The van der Waals surface area contributed by atoms with Gasteiger partial charge < -0.3 is 9.84 Å². The molecular weight excluding hydrogens is 488 g/mol. The van der Waals surface area contributed by atoms with Gasteiger partial charge in [-0.25, -0.2) is 5.43 Å². The molecule has 5 nitrogen and oxygen atoms in total. The summed E-state index contributed by atoms with van der Waals surface area (Å²) < 4.78 is 7.78. The number of benzene rings is 3. The van der Waals surface area contributed by atoms with Crippen LogP contribution in [0.1, 0.15) is 21.5 Å². The number of carbonyl (C=O) groups excluding carboxylic acids is 1. The number of carbonyl (C=O) groups is 1. The van der Waals surface area contributed by atoms with Crippen LogP contribution in [0.2, 0.25) is 0 Å². The van der Waals surface area contributed by atoms with Crippen molar-refractivity contribution in [3.05, 3.63) is 92.4 Å². The molecule has 0 aliphatic carbocycles. The van der Waals surface area contributed by atoms with Gasteiger partial charge in [-0.2, -0.15) is 5.10 Å². The summed E-state index contributed by atoms with van der Waals surface area (Å²) in [6.45, 7) is 0.446. The minimum atomic E-state index is -0.396. The van der Waals surface area contributed by atoms with Crippen LogP contribution in [-0.4, -0.2) is 17.2 Å². The molecule has 2 N–H and O–H groups in total. The maximum Gasteiger partial charge on any atom is 0.271 e. The molecule has 0 aliphatic heterocycles. The summed E-state index contributed by atoms with van der Waals surface area (Å²) in [5, 5.41) is 13.3. The van der Waals surface area contributed by atoms with E-state index < -0.39 is 5.91 Å². The van der Waals surface area contributed by atoms with Gasteiger partial charge in [0.25, 0.3) is 5.91 Å². The van der Waals surface area contributed by atoms with Crippen molar-refractivity contribution in [1.82, 2.24) is 5.43 Å². The van der Waals surface area contributed by atoms with Crippen molar-refractivity contribution >= 4 is 44.0 Å². The zero-order valence-electron chi connectivity index (χ0n) is 14.6. The molecule has 3 aromatic rings. The van der Waals surface area contributed by atoms with E-state index in [0.29, 0.717) is 12.2 Å². The van der Waals surface area contributed by atoms with Crippen LogP contribution in [0, 0.1) is 0 Å². The molecule has 0 unspecified atom stereocenters. The van der Waals surface area contributed by atoms with Crippen molar-refractivity contribution in [2.45, 2.75) is 6.61 Å². The smallest absolute Gasteiger partial charge is 0.271 e. The van der Waals surface area contributed by atoms with Gasteiger partial charge in [-0.15, -0.1) is 0 Å². The summed E-state index contributed by atoms with van der Waals surface area (Å²) in [5.74, 6) is 0.366. The van der Waals surface area contributed by atoms with Crippen LogP contribution in [0.4, 0.5) is 0 Å². The summed E-state index contributed by atoms with van der Waals surface area (Å²) >= 11 is 6.94. The molecule has 3 rings (SSSR count). The standard InChI is InChI=1S/C21H16Br2N2O3/c22-17-7-6-16(20(23)11-17)13-28-19-8-4-14(5-9-19)12-24-25-21(27)15-2-1-3-18(26)10-15/h1-12,26H,13H2,(H,25,27)/b24-12+. The fourth-order valence-electron chi connectivity index (χ4n) is 2.33. The van der Waals surface area contributed by atoms with Gasteiger partial charge in [-0.1, -0.05) is 44.0 Å². The lowest BCUT2D eigenvalue weighted by atomic mass is 10.2. The highest BCUT2D eigenvalue weighted by Crippen LogP contribution is 2.23. The molecule has 0 spiro atoms. The van der Waals surface area contributed by atoms with Gasteiger partial charge in [0, 0.05) is 20.1 Å². The molecule has 0 aliphatic rings. The summed E-state index contributed by atoms with van der Waals surface area (Å²) in [5.41, 5.74) is 4.62. The van der Waals surface area contributed by atoms with Crippen LogP contribution in [-0.2, 0) is 6.61 Å². The second-order valence-electron chi connectivity index (χ2n) is 5.84. The quantitative estimate of drug-likeness (QED) is 0.356. The first-order valence-electron chi connectivity index (χ1n) is 8.30. The SMILES string of the molecule is O=C(N/N=C/c1ccc(OCc2ccc(Br)cc2Br)cc1)c1cccc(O)c1. The number of halogens is 2. The minimum Gasteiger partial charge on any atom is -0.508 e. The second-order valence-corrected chi connectivity index (χ2v) is 7.61. The average molecular weight is 504 g/mol. The Kier molecular flexibility index (Phi) is 6.84. The van der Waals surface area contributed by atoms with Crippen molar-refractivity contribution in [3.8, 4) is 11.5 Å². The number of hydrogen-bond acceptors (Lipinski definition) is 4. The molecule has 0 aromatic heterocycles. The molecule has 0 saturated heterocycles. The van der Waals surface area contributed by atoms with E-state index >= 15 is 0 Å². The monoisotopic (exact) mass is 502 g/mol. The number of phenolic OH excluding ortho intramolecular Hbond substituents is 1. The molecule has 0 heterocycles. The molecule has 0 radical (unpaired) electrons.